The molecule has 0 bridgehead atoms. The predicted molar refractivity (Wildman–Crippen MR) is 94.2 cm³/mol. The molecule has 2 atom stereocenters. The normalized spacial score (nSPS) is 18.1. The molecule has 1 aliphatic heterocycles. The van der Waals surface area contributed by atoms with E-state index in [2.05, 4.69) is 5.32 Å². The van der Waals surface area contributed by atoms with Gasteiger partial charge >= 0.3 is 6.09 Å². The zero-order chi connectivity index (χ0) is 18.9. The van der Waals surface area contributed by atoms with Gasteiger partial charge in [0.15, 0.2) is 5.78 Å². The van der Waals surface area contributed by atoms with Gasteiger partial charge in [0.1, 0.15) is 19.3 Å². The third-order valence-corrected chi connectivity index (χ3v) is 4.49. The van der Waals surface area contributed by atoms with Crippen LogP contribution in [-0.4, -0.2) is 48.0 Å². The number of hydrogen-bond acceptors (Lipinski definition) is 4. The van der Waals surface area contributed by atoms with Crippen LogP contribution in [0.4, 0.5) is 9.18 Å². The monoisotopic (exact) mass is 364 g/mol. The summed E-state index contributed by atoms with van der Waals surface area (Å²) in [5.74, 6) is -1.09. The molecule has 2 rings (SSSR count). The SMILES string of the molecule is CCC(NC(=O)[C@@H]1CCCCN1C(=O)OCc1ccccc1)C(=O)CF. The Bertz CT molecular complexity index is 623. The van der Waals surface area contributed by atoms with Crippen LogP contribution in [0.2, 0.25) is 0 Å². The van der Waals surface area contributed by atoms with Crippen molar-refractivity contribution in [3.8, 4) is 0 Å². The van der Waals surface area contributed by atoms with E-state index in [0.717, 1.165) is 18.4 Å². The number of piperidine rings is 1. The first-order valence-electron chi connectivity index (χ1n) is 8.93. The summed E-state index contributed by atoms with van der Waals surface area (Å²) in [5, 5.41) is 2.57. The summed E-state index contributed by atoms with van der Waals surface area (Å²) in [6.45, 7) is 1.12. The molecule has 0 aliphatic carbocycles. The Labute approximate surface area is 152 Å². The van der Waals surface area contributed by atoms with Gasteiger partial charge in [0.25, 0.3) is 0 Å². The summed E-state index contributed by atoms with van der Waals surface area (Å²) in [6.07, 6.45) is 1.82. The summed E-state index contributed by atoms with van der Waals surface area (Å²) in [6, 6.07) is 7.72. The molecule has 1 saturated heterocycles. The van der Waals surface area contributed by atoms with Crippen LogP contribution in [0.5, 0.6) is 0 Å². The minimum atomic E-state index is -1.12. The molecule has 0 saturated carbocycles. The molecule has 1 aliphatic rings. The van der Waals surface area contributed by atoms with Crippen molar-refractivity contribution < 1.29 is 23.5 Å². The predicted octanol–water partition coefficient (Wildman–Crippen LogP) is 2.61. The number of nitrogens with one attached hydrogen (secondary N) is 1. The lowest BCUT2D eigenvalue weighted by molar-refractivity contribution is -0.132. The highest BCUT2D eigenvalue weighted by Gasteiger charge is 2.34. The number of Topliss-reactive ketones (excluding diaryl/α,β-unsaturated/α-hetero) is 1. The molecule has 142 valence electrons. The molecule has 0 spiro atoms. The molecule has 0 aromatic heterocycles. The van der Waals surface area contributed by atoms with Crippen molar-refractivity contribution in [2.75, 3.05) is 13.2 Å². The van der Waals surface area contributed by atoms with Crippen molar-refractivity contribution in [3.05, 3.63) is 35.9 Å². The van der Waals surface area contributed by atoms with Crippen LogP contribution in [0.3, 0.4) is 0 Å². The topological polar surface area (TPSA) is 75.7 Å². The van der Waals surface area contributed by atoms with E-state index in [0.29, 0.717) is 19.4 Å². The molecule has 1 heterocycles. The van der Waals surface area contributed by atoms with Crippen molar-refractivity contribution >= 4 is 17.8 Å². The number of carbonyl (C=O) groups is 3. The third-order valence-electron chi connectivity index (χ3n) is 4.49. The lowest BCUT2D eigenvalue weighted by Crippen LogP contribution is -2.55. The van der Waals surface area contributed by atoms with Crippen molar-refractivity contribution in [3.63, 3.8) is 0 Å². The quantitative estimate of drug-likeness (QED) is 0.807. The zero-order valence-electron chi connectivity index (χ0n) is 14.9. The molecule has 2 amide bonds. The Balaban J connectivity index is 1.98. The van der Waals surface area contributed by atoms with E-state index >= 15 is 0 Å². The lowest BCUT2D eigenvalue weighted by atomic mass is 10.0. The molecule has 1 unspecified atom stereocenters. The maximum absolute atomic E-state index is 12.6. The van der Waals surface area contributed by atoms with Crippen molar-refractivity contribution in [2.45, 2.75) is 51.3 Å². The molecule has 7 heteroatoms. The van der Waals surface area contributed by atoms with Crippen LogP contribution in [0.1, 0.15) is 38.2 Å². The third kappa shape index (κ3) is 5.28. The van der Waals surface area contributed by atoms with Gasteiger partial charge in [-0.1, -0.05) is 37.3 Å². The fraction of sp³-hybridized carbons (Fsp3) is 0.526. The van der Waals surface area contributed by atoms with Gasteiger partial charge in [-0.25, -0.2) is 9.18 Å². The maximum Gasteiger partial charge on any atom is 0.410 e. The van der Waals surface area contributed by atoms with Gasteiger partial charge in [-0.2, -0.15) is 0 Å². The van der Waals surface area contributed by atoms with Gasteiger partial charge in [0.2, 0.25) is 5.91 Å². The van der Waals surface area contributed by atoms with Gasteiger partial charge in [0.05, 0.1) is 6.04 Å². The van der Waals surface area contributed by atoms with Crippen molar-refractivity contribution in [1.82, 2.24) is 10.2 Å². The highest BCUT2D eigenvalue weighted by Crippen LogP contribution is 2.19. The number of ketones is 1. The van der Waals surface area contributed by atoms with Crippen LogP contribution in [-0.2, 0) is 20.9 Å². The van der Waals surface area contributed by atoms with E-state index in [4.69, 9.17) is 4.74 Å². The average molecular weight is 364 g/mol. The fourth-order valence-electron chi connectivity index (χ4n) is 3.00. The number of benzene rings is 1. The average Bonchev–Trinajstić information content (AvgIpc) is 2.70. The minimum absolute atomic E-state index is 0.127. The van der Waals surface area contributed by atoms with Gasteiger partial charge in [-0.15, -0.1) is 0 Å². The van der Waals surface area contributed by atoms with Gasteiger partial charge in [-0.05, 0) is 31.2 Å². The van der Waals surface area contributed by atoms with Gasteiger partial charge in [0, 0.05) is 6.54 Å². The van der Waals surface area contributed by atoms with Crippen LogP contribution in [0, 0.1) is 0 Å². The number of hydrogen-bond donors (Lipinski definition) is 1. The van der Waals surface area contributed by atoms with E-state index in [1.54, 1.807) is 6.92 Å². The van der Waals surface area contributed by atoms with Crippen molar-refractivity contribution in [2.24, 2.45) is 0 Å². The van der Waals surface area contributed by atoms with E-state index in [-0.39, 0.29) is 6.61 Å². The highest BCUT2D eigenvalue weighted by atomic mass is 19.1. The number of ether oxygens (including phenoxy) is 1. The Kier molecular flexibility index (Phi) is 7.56. The lowest BCUT2D eigenvalue weighted by Gasteiger charge is -2.34. The summed E-state index contributed by atoms with van der Waals surface area (Å²) in [5.41, 5.74) is 0.860. The molecule has 6 nitrogen and oxygen atoms in total. The second-order valence-corrected chi connectivity index (χ2v) is 6.31. The second-order valence-electron chi connectivity index (χ2n) is 6.31. The first-order chi connectivity index (χ1) is 12.6. The molecular formula is C19H25FN2O4. The summed E-state index contributed by atoms with van der Waals surface area (Å²) >= 11 is 0. The van der Waals surface area contributed by atoms with Crippen LogP contribution >= 0.6 is 0 Å². The first-order valence-corrected chi connectivity index (χ1v) is 8.93. The summed E-state index contributed by atoms with van der Waals surface area (Å²) in [7, 11) is 0. The Morgan fingerprint density at radius 2 is 2.00 bits per heavy atom. The first kappa shape index (κ1) is 19.9. The fourth-order valence-corrected chi connectivity index (χ4v) is 3.00. The molecular weight excluding hydrogens is 339 g/mol. The number of amides is 2. The molecule has 1 aromatic rings. The Hall–Kier alpha value is -2.44. The van der Waals surface area contributed by atoms with Crippen molar-refractivity contribution in [1.29, 1.82) is 0 Å². The number of halogens is 1. The largest absolute Gasteiger partial charge is 0.445 e. The Morgan fingerprint density at radius 3 is 2.65 bits per heavy atom. The molecule has 0 radical (unpaired) electrons. The standard InChI is InChI=1S/C19H25FN2O4/c1-2-15(17(23)12-20)21-18(24)16-10-6-7-11-22(16)19(25)26-13-14-8-4-3-5-9-14/h3-5,8-9,15-16H,2,6-7,10-13H2,1H3,(H,21,24)/t15?,16-/m0/s1. The smallest absolute Gasteiger partial charge is 0.410 e. The Morgan fingerprint density at radius 1 is 1.27 bits per heavy atom. The number of carbonyl (C=O) groups excluding carboxylic acids is 3. The van der Waals surface area contributed by atoms with E-state index in [1.807, 2.05) is 30.3 Å². The maximum atomic E-state index is 12.6. The van der Waals surface area contributed by atoms with E-state index in [9.17, 15) is 18.8 Å². The van der Waals surface area contributed by atoms with Crippen LogP contribution < -0.4 is 5.32 Å². The van der Waals surface area contributed by atoms with E-state index < -0.39 is 36.5 Å². The molecule has 1 aromatic carbocycles. The zero-order valence-corrected chi connectivity index (χ0v) is 14.9. The van der Waals surface area contributed by atoms with Crippen LogP contribution in [0.25, 0.3) is 0 Å². The molecule has 1 fully saturated rings. The van der Waals surface area contributed by atoms with Crippen LogP contribution in [0.15, 0.2) is 30.3 Å². The number of nitrogens with zero attached hydrogens (tertiary/aromatic N) is 1. The number of alkyl halides is 1. The highest BCUT2D eigenvalue weighted by molar-refractivity contribution is 5.92. The summed E-state index contributed by atoms with van der Waals surface area (Å²) < 4.78 is 17.9. The molecule has 26 heavy (non-hydrogen) atoms. The van der Waals surface area contributed by atoms with E-state index in [1.165, 1.54) is 4.90 Å². The summed E-state index contributed by atoms with van der Waals surface area (Å²) in [4.78, 5) is 37.9. The minimum Gasteiger partial charge on any atom is -0.445 e. The second kappa shape index (κ2) is 9.89. The van der Waals surface area contributed by atoms with Gasteiger partial charge in [-0.3, -0.25) is 14.5 Å². The number of rotatable bonds is 7. The van der Waals surface area contributed by atoms with Gasteiger partial charge < -0.3 is 10.1 Å². The molecule has 1 N–H and O–H groups in total. The number of likely N-dealkylation sites (tertiary alicyclic amines) is 1.